The molecule has 1 saturated carbocycles. The van der Waals surface area contributed by atoms with Gasteiger partial charge in [-0.3, -0.25) is 0 Å². The largest absolute Gasteiger partial charge is 0.392 e. The van der Waals surface area contributed by atoms with Gasteiger partial charge >= 0.3 is 0 Å². The van der Waals surface area contributed by atoms with E-state index in [-0.39, 0.29) is 12.1 Å². The van der Waals surface area contributed by atoms with Gasteiger partial charge in [0.25, 0.3) is 0 Å². The molecule has 1 aliphatic rings. The second kappa shape index (κ2) is 5.81. The number of hydrogen-bond acceptors (Lipinski definition) is 3. The lowest BCUT2D eigenvalue weighted by molar-refractivity contribution is 0.0902. The monoisotopic (exact) mass is 230 g/mol. The maximum Gasteiger partial charge on any atom is 0.0991 e. The zero-order chi connectivity index (χ0) is 12.1. The average molecular weight is 230 g/mol. The van der Waals surface area contributed by atoms with Crippen molar-refractivity contribution in [3.63, 3.8) is 0 Å². The van der Waals surface area contributed by atoms with Crippen molar-refractivity contribution in [3.8, 4) is 6.07 Å². The Bertz CT molecular complexity index is 394. The second-order valence-electron chi connectivity index (χ2n) is 4.65. The van der Waals surface area contributed by atoms with E-state index < -0.39 is 0 Å². The summed E-state index contributed by atoms with van der Waals surface area (Å²) in [6.45, 7) is 0.757. The Labute approximate surface area is 102 Å². The molecule has 1 aromatic rings. The number of rotatable bonds is 3. The van der Waals surface area contributed by atoms with Gasteiger partial charge in [0.1, 0.15) is 0 Å². The predicted octanol–water partition coefficient (Wildman–Crippen LogP) is 1.95. The summed E-state index contributed by atoms with van der Waals surface area (Å²) >= 11 is 0. The van der Waals surface area contributed by atoms with Crippen LogP contribution in [-0.4, -0.2) is 17.3 Å². The molecule has 0 unspecified atom stereocenters. The Balaban J connectivity index is 1.86. The lowest BCUT2D eigenvalue weighted by Crippen LogP contribution is -2.41. The van der Waals surface area contributed by atoms with Crippen molar-refractivity contribution in [2.24, 2.45) is 0 Å². The highest BCUT2D eigenvalue weighted by Gasteiger charge is 2.21. The summed E-state index contributed by atoms with van der Waals surface area (Å²) in [7, 11) is 0. The van der Waals surface area contributed by atoms with Crippen LogP contribution in [0.25, 0.3) is 0 Å². The summed E-state index contributed by atoms with van der Waals surface area (Å²) in [4.78, 5) is 0. The molecule has 90 valence electrons. The third-order valence-electron chi connectivity index (χ3n) is 3.38. The van der Waals surface area contributed by atoms with Gasteiger partial charge in [0.2, 0.25) is 0 Å². The molecule has 0 amide bonds. The Morgan fingerprint density at radius 3 is 2.59 bits per heavy atom. The van der Waals surface area contributed by atoms with Gasteiger partial charge in [-0.25, -0.2) is 0 Å². The number of aliphatic hydroxyl groups is 1. The number of nitrogens with one attached hydrogen (secondary N) is 1. The van der Waals surface area contributed by atoms with Crippen molar-refractivity contribution in [3.05, 3.63) is 35.4 Å². The maximum atomic E-state index is 9.82. The normalized spacial score (nSPS) is 24.2. The fourth-order valence-corrected chi connectivity index (χ4v) is 2.30. The molecule has 0 saturated heterocycles. The number of hydrogen-bond donors (Lipinski definition) is 2. The fourth-order valence-electron chi connectivity index (χ4n) is 2.30. The smallest absolute Gasteiger partial charge is 0.0991 e. The number of nitrogens with zero attached hydrogens (tertiary/aromatic N) is 1. The molecule has 2 N–H and O–H groups in total. The van der Waals surface area contributed by atoms with Gasteiger partial charge in [0, 0.05) is 12.6 Å². The van der Waals surface area contributed by atoms with Gasteiger partial charge < -0.3 is 10.4 Å². The van der Waals surface area contributed by atoms with E-state index in [1.54, 1.807) is 0 Å². The molecule has 3 nitrogen and oxygen atoms in total. The highest BCUT2D eigenvalue weighted by atomic mass is 16.3. The molecule has 1 aromatic carbocycles. The zero-order valence-electron chi connectivity index (χ0n) is 9.89. The molecule has 3 heteroatoms. The van der Waals surface area contributed by atoms with Crippen molar-refractivity contribution in [2.45, 2.75) is 44.4 Å². The van der Waals surface area contributed by atoms with E-state index in [1.165, 1.54) is 6.42 Å². The molecule has 0 aliphatic heterocycles. The molecular weight excluding hydrogens is 212 g/mol. The summed E-state index contributed by atoms with van der Waals surface area (Å²) in [6, 6.07) is 9.90. The van der Waals surface area contributed by atoms with E-state index in [1.807, 2.05) is 24.3 Å². The van der Waals surface area contributed by atoms with Crippen LogP contribution in [0.2, 0.25) is 0 Å². The van der Waals surface area contributed by atoms with Crippen molar-refractivity contribution < 1.29 is 5.11 Å². The third kappa shape index (κ3) is 3.29. The minimum absolute atomic E-state index is 0.206. The van der Waals surface area contributed by atoms with Crippen LogP contribution in [0, 0.1) is 11.3 Å². The van der Waals surface area contributed by atoms with Crippen molar-refractivity contribution in [2.75, 3.05) is 0 Å². The molecule has 0 heterocycles. The lowest BCUT2D eigenvalue weighted by Gasteiger charge is -2.28. The van der Waals surface area contributed by atoms with Gasteiger partial charge in [-0.05, 0) is 30.5 Å². The van der Waals surface area contributed by atoms with Gasteiger partial charge in [-0.1, -0.05) is 25.0 Å². The average Bonchev–Trinajstić information content (AvgIpc) is 2.38. The molecule has 1 fully saturated rings. The summed E-state index contributed by atoms with van der Waals surface area (Å²) in [5.74, 6) is 0. The van der Waals surface area contributed by atoms with Gasteiger partial charge in [-0.15, -0.1) is 0 Å². The molecule has 1 aliphatic carbocycles. The van der Waals surface area contributed by atoms with E-state index in [0.717, 1.165) is 31.4 Å². The Kier molecular flexibility index (Phi) is 4.13. The summed E-state index contributed by atoms with van der Waals surface area (Å²) in [6.07, 6.45) is 4.09. The van der Waals surface area contributed by atoms with Crippen LogP contribution < -0.4 is 5.32 Å². The highest BCUT2D eigenvalue weighted by Crippen LogP contribution is 2.18. The maximum absolute atomic E-state index is 9.82. The van der Waals surface area contributed by atoms with Crippen molar-refractivity contribution >= 4 is 0 Å². The molecule has 0 spiro atoms. The van der Waals surface area contributed by atoms with E-state index in [9.17, 15) is 5.11 Å². The minimum atomic E-state index is -0.206. The minimum Gasteiger partial charge on any atom is -0.392 e. The zero-order valence-corrected chi connectivity index (χ0v) is 9.89. The highest BCUT2D eigenvalue weighted by molar-refractivity contribution is 5.31. The standard InChI is InChI=1S/C14H18N2O/c15-9-11-5-7-12(8-6-11)10-16-13-3-1-2-4-14(13)17/h5-8,13-14,16-17H,1-4,10H2/t13-,14-/m1/s1. The Hall–Kier alpha value is -1.37. The number of aliphatic hydroxyl groups excluding tert-OH is 1. The molecule has 2 atom stereocenters. The molecule has 0 aromatic heterocycles. The van der Waals surface area contributed by atoms with Crippen LogP contribution in [-0.2, 0) is 6.54 Å². The third-order valence-corrected chi connectivity index (χ3v) is 3.38. The summed E-state index contributed by atoms with van der Waals surface area (Å²) in [5.41, 5.74) is 1.84. The summed E-state index contributed by atoms with van der Waals surface area (Å²) < 4.78 is 0. The van der Waals surface area contributed by atoms with Crippen LogP contribution >= 0.6 is 0 Å². The molecule has 17 heavy (non-hydrogen) atoms. The van der Waals surface area contributed by atoms with Crippen LogP contribution in [0.15, 0.2) is 24.3 Å². The molecule has 0 radical (unpaired) electrons. The quantitative estimate of drug-likeness (QED) is 0.834. The number of benzene rings is 1. The van der Waals surface area contributed by atoms with E-state index in [0.29, 0.717) is 5.56 Å². The molecule has 0 bridgehead atoms. The lowest BCUT2D eigenvalue weighted by atomic mass is 9.92. The first-order valence-corrected chi connectivity index (χ1v) is 6.20. The van der Waals surface area contributed by atoms with Crippen LogP contribution in [0.3, 0.4) is 0 Å². The first-order chi connectivity index (χ1) is 8.29. The Morgan fingerprint density at radius 2 is 1.94 bits per heavy atom. The van der Waals surface area contributed by atoms with Gasteiger partial charge in [0.15, 0.2) is 0 Å². The van der Waals surface area contributed by atoms with Gasteiger partial charge in [0.05, 0.1) is 17.7 Å². The van der Waals surface area contributed by atoms with E-state index in [2.05, 4.69) is 11.4 Å². The predicted molar refractivity (Wildman–Crippen MR) is 66.3 cm³/mol. The topological polar surface area (TPSA) is 56.0 Å². The Morgan fingerprint density at radius 1 is 1.24 bits per heavy atom. The van der Waals surface area contributed by atoms with Crippen LogP contribution in [0.4, 0.5) is 0 Å². The van der Waals surface area contributed by atoms with Crippen LogP contribution in [0.1, 0.15) is 36.8 Å². The fraction of sp³-hybridized carbons (Fsp3) is 0.500. The van der Waals surface area contributed by atoms with Gasteiger partial charge in [-0.2, -0.15) is 5.26 Å². The van der Waals surface area contributed by atoms with E-state index >= 15 is 0 Å². The second-order valence-corrected chi connectivity index (χ2v) is 4.65. The first kappa shape index (κ1) is 12.1. The van der Waals surface area contributed by atoms with Crippen molar-refractivity contribution in [1.82, 2.24) is 5.32 Å². The van der Waals surface area contributed by atoms with Crippen molar-refractivity contribution in [1.29, 1.82) is 5.26 Å². The molecular formula is C14H18N2O. The SMILES string of the molecule is N#Cc1ccc(CN[C@@H]2CCCC[C@H]2O)cc1. The first-order valence-electron chi connectivity index (χ1n) is 6.20. The number of nitriles is 1. The summed E-state index contributed by atoms with van der Waals surface area (Å²) in [5, 5.41) is 21.9. The molecule has 2 rings (SSSR count). The van der Waals surface area contributed by atoms with E-state index in [4.69, 9.17) is 5.26 Å². The van der Waals surface area contributed by atoms with Crippen LogP contribution in [0.5, 0.6) is 0 Å².